The standard InChI is InChI=1S/C52H89N7O17/c1-15-37-52(11,68)43(62)32(7)58(13)24-27(2)22-50(9,67)45(30(5)42(31(6)47(65)74-37)75-40-23-51(10,69-14)44(63)33(8)72-40)76-48-41(61)35(20-29(4)71-48)57(12)19-17-16-18-39(60)70-26-36-34(55-56-53)21-38(73-36)59-25-28(3)46(64)54-49(59)66/h25,27,29-38,40-45,48,61-63,67-68H,15-24,26H2,1-14H3,(H,54,64,66)/t27-,29-,30+,31-,32-,33+,34-,35?,36-,37-,38-,40+,41-,42+,43-,44+,45-,48+,50-,51-,52-/m1/s1. The molecule has 1 unspecified atom stereocenters. The number of likely N-dealkylation sites (N-methyl/N-ethyl adjacent to an activating group) is 2. The number of methoxy groups -OCH3 is 1. The molecule has 4 aliphatic rings. The molecule has 5 heterocycles. The lowest BCUT2D eigenvalue weighted by atomic mass is 9.77. The summed E-state index contributed by atoms with van der Waals surface area (Å²) in [6.07, 6.45) is -8.86. The minimum absolute atomic E-state index is 0.0549. The van der Waals surface area contributed by atoms with Gasteiger partial charge in [-0.05, 0) is 120 Å². The van der Waals surface area contributed by atoms with Crippen LogP contribution in [0.3, 0.4) is 0 Å². The fraction of sp³-hybridized carbons (Fsp3) is 0.885. The summed E-state index contributed by atoms with van der Waals surface area (Å²) in [6, 6.07) is -1.84. The second-order valence-corrected chi connectivity index (χ2v) is 22.9. The molecule has 6 N–H and O–H groups in total. The number of nitrogens with zero attached hydrogens (tertiary/aromatic N) is 6. The molecule has 4 saturated heterocycles. The highest BCUT2D eigenvalue weighted by Crippen LogP contribution is 2.40. The molecule has 0 bridgehead atoms. The first kappa shape index (κ1) is 63.2. The van der Waals surface area contributed by atoms with Gasteiger partial charge >= 0.3 is 17.6 Å². The Morgan fingerprint density at radius 3 is 2.32 bits per heavy atom. The summed E-state index contributed by atoms with van der Waals surface area (Å²) in [5, 5.41) is 63.4. The lowest BCUT2D eigenvalue weighted by Crippen LogP contribution is -2.60. The summed E-state index contributed by atoms with van der Waals surface area (Å²) in [7, 11) is 5.15. The van der Waals surface area contributed by atoms with E-state index in [1.165, 1.54) is 24.8 Å². The maximum atomic E-state index is 14.5. The molecule has 4 aliphatic heterocycles. The average molecular weight is 1080 g/mol. The topological polar surface area (TPSA) is 319 Å². The Balaban J connectivity index is 1.33. The van der Waals surface area contributed by atoms with Crippen molar-refractivity contribution < 1.29 is 73.0 Å². The van der Waals surface area contributed by atoms with Crippen LogP contribution in [0.2, 0.25) is 0 Å². The molecule has 24 heteroatoms. The molecule has 76 heavy (non-hydrogen) atoms. The molecule has 0 amide bonds. The Morgan fingerprint density at radius 2 is 1.67 bits per heavy atom. The van der Waals surface area contributed by atoms with Gasteiger partial charge in [-0.2, -0.15) is 0 Å². The average Bonchev–Trinajstić information content (AvgIpc) is 3.76. The molecule has 0 saturated carbocycles. The largest absolute Gasteiger partial charge is 0.463 e. The van der Waals surface area contributed by atoms with Gasteiger partial charge < -0.3 is 73.2 Å². The Morgan fingerprint density at radius 1 is 0.987 bits per heavy atom. The summed E-state index contributed by atoms with van der Waals surface area (Å²) in [6.45, 7) is 19.4. The van der Waals surface area contributed by atoms with Crippen LogP contribution in [0.15, 0.2) is 20.9 Å². The van der Waals surface area contributed by atoms with E-state index in [0.717, 1.165) is 0 Å². The molecule has 0 radical (unpaired) electrons. The first-order valence-electron chi connectivity index (χ1n) is 26.9. The number of aromatic nitrogens is 2. The third-order valence-electron chi connectivity index (χ3n) is 16.5. The highest BCUT2D eigenvalue weighted by atomic mass is 16.7. The molecule has 0 aliphatic carbocycles. The van der Waals surface area contributed by atoms with Gasteiger partial charge in [0.1, 0.15) is 49.0 Å². The molecule has 24 nitrogen and oxygen atoms in total. The number of hydrogen-bond donors (Lipinski definition) is 6. The summed E-state index contributed by atoms with van der Waals surface area (Å²) >= 11 is 0. The summed E-state index contributed by atoms with van der Waals surface area (Å²) in [5.41, 5.74) is 3.62. The van der Waals surface area contributed by atoms with Crippen molar-refractivity contribution in [3.05, 3.63) is 43.0 Å². The van der Waals surface area contributed by atoms with E-state index in [9.17, 15) is 50.2 Å². The van der Waals surface area contributed by atoms with E-state index < -0.39 is 144 Å². The number of cyclic esters (lactones) is 1. The maximum Gasteiger partial charge on any atom is 0.330 e. The fourth-order valence-corrected chi connectivity index (χ4v) is 11.7. The number of unbranched alkanes of at least 4 members (excludes halogenated alkanes) is 1. The van der Waals surface area contributed by atoms with Gasteiger partial charge in [-0.25, -0.2) is 4.79 Å². The summed E-state index contributed by atoms with van der Waals surface area (Å²) < 4.78 is 50.8. The number of hydrogen-bond acceptors (Lipinski definition) is 20. The van der Waals surface area contributed by atoms with E-state index in [-0.39, 0.29) is 44.6 Å². The van der Waals surface area contributed by atoms with Gasteiger partial charge in [0, 0.05) is 67.6 Å². The van der Waals surface area contributed by atoms with E-state index in [1.54, 1.807) is 55.4 Å². The minimum atomic E-state index is -1.87. The lowest BCUT2D eigenvalue weighted by molar-refractivity contribution is -0.318. The third kappa shape index (κ3) is 15.0. The van der Waals surface area contributed by atoms with Crippen molar-refractivity contribution in [2.24, 2.45) is 22.9 Å². The zero-order valence-electron chi connectivity index (χ0n) is 47.1. The number of esters is 2. The second-order valence-electron chi connectivity index (χ2n) is 22.9. The van der Waals surface area contributed by atoms with Gasteiger partial charge in [0.25, 0.3) is 5.56 Å². The molecule has 4 fully saturated rings. The molecular formula is C52H89N7O17. The minimum Gasteiger partial charge on any atom is -0.463 e. The Bertz CT molecular complexity index is 2240. The number of azide groups is 1. The number of aliphatic hydroxyl groups excluding tert-OH is 3. The van der Waals surface area contributed by atoms with Crippen LogP contribution in [-0.2, 0) is 47.5 Å². The number of rotatable bonds is 16. The predicted octanol–water partition coefficient (Wildman–Crippen LogP) is 2.81. The smallest absolute Gasteiger partial charge is 0.330 e. The number of aryl methyl sites for hydroxylation is 1. The number of ether oxygens (including phenoxy) is 8. The van der Waals surface area contributed by atoms with Gasteiger partial charge in [-0.1, -0.05) is 25.9 Å². The van der Waals surface area contributed by atoms with Crippen LogP contribution in [-0.4, -0.2) is 200 Å². The quantitative estimate of drug-likeness (QED) is 0.0456. The normalized spacial score (nSPS) is 41.4. The van der Waals surface area contributed by atoms with Crippen LogP contribution in [0.1, 0.15) is 132 Å². The van der Waals surface area contributed by atoms with Crippen molar-refractivity contribution in [3.8, 4) is 0 Å². The molecule has 5 rings (SSSR count). The van der Waals surface area contributed by atoms with Crippen LogP contribution >= 0.6 is 0 Å². The molecule has 1 aromatic rings. The fourth-order valence-electron chi connectivity index (χ4n) is 11.7. The first-order chi connectivity index (χ1) is 35.5. The van der Waals surface area contributed by atoms with Crippen molar-refractivity contribution >= 4 is 11.9 Å². The number of carbonyl (C=O) groups is 2. The van der Waals surface area contributed by atoms with Crippen molar-refractivity contribution in [1.29, 1.82) is 0 Å². The van der Waals surface area contributed by atoms with Crippen LogP contribution in [0.5, 0.6) is 0 Å². The number of aromatic amines is 1. The Kier molecular flexibility index (Phi) is 22.1. The number of nitrogens with one attached hydrogen (secondary N) is 1. The van der Waals surface area contributed by atoms with Gasteiger partial charge in [0.15, 0.2) is 12.6 Å². The Hall–Kier alpha value is -3.59. The molecule has 0 aromatic carbocycles. The Labute approximate surface area is 446 Å². The van der Waals surface area contributed by atoms with E-state index in [1.807, 2.05) is 37.7 Å². The molecular weight excluding hydrogens is 995 g/mol. The SMILES string of the molecule is CC[C@H]1OC(=O)[C@H](C)[C@@H](O[C@H]2C[C@@](C)(OC)[C@@H](O)[C@H](C)O2)[C@H](C)[C@@H](O[C@@H]2O[C@H](C)CC(N(C)CCCCC(=O)OC[C@H]3O[C@@H](n4cc(C)c(=O)[nH]c4=O)C[C@H]3N=[N+]=[N-])[C@H]2O)[C@](C)(O)C[C@@H](C)CN(C)[C@H](C)[C@@H](O)[C@]1(C)O. The van der Waals surface area contributed by atoms with Gasteiger partial charge in [-0.3, -0.25) is 23.9 Å². The van der Waals surface area contributed by atoms with Crippen molar-refractivity contribution in [2.45, 2.75) is 236 Å². The number of carbonyl (C=O) groups excluding carboxylic acids is 2. The maximum absolute atomic E-state index is 14.5. The van der Waals surface area contributed by atoms with Crippen LogP contribution in [0.4, 0.5) is 0 Å². The molecule has 434 valence electrons. The van der Waals surface area contributed by atoms with Crippen molar-refractivity contribution in [2.75, 3.05) is 40.9 Å². The summed E-state index contributed by atoms with van der Waals surface area (Å²) in [4.78, 5) is 60.8. The zero-order valence-corrected chi connectivity index (χ0v) is 47.1. The van der Waals surface area contributed by atoms with E-state index in [0.29, 0.717) is 37.9 Å². The number of aliphatic hydroxyl groups is 5. The van der Waals surface area contributed by atoms with Crippen LogP contribution in [0.25, 0.3) is 10.4 Å². The van der Waals surface area contributed by atoms with Gasteiger partial charge in [0.05, 0.1) is 47.6 Å². The first-order valence-corrected chi connectivity index (χ1v) is 26.9. The van der Waals surface area contributed by atoms with Crippen LogP contribution in [0, 0.1) is 24.7 Å². The van der Waals surface area contributed by atoms with Crippen molar-refractivity contribution in [1.82, 2.24) is 19.4 Å². The summed E-state index contributed by atoms with van der Waals surface area (Å²) in [5.74, 6) is -3.46. The van der Waals surface area contributed by atoms with Gasteiger partial charge in [-0.15, -0.1) is 0 Å². The third-order valence-corrected chi connectivity index (χ3v) is 16.5. The molecule has 1 aromatic heterocycles. The molecule has 0 spiro atoms. The number of H-pyrrole nitrogens is 1. The van der Waals surface area contributed by atoms with Crippen molar-refractivity contribution in [3.63, 3.8) is 0 Å². The zero-order chi connectivity index (χ0) is 56.8. The monoisotopic (exact) mass is 1080 g/mol. The second kappa shape index (κ2) is 26.6. The molecule has 21 atom stereocenters. The highest BCUT2D eigenvalue weighted by molar-refractivity contribution is 5.73. The van der Waals surface area contributed by atoms with Crippen LogP contribution < -0.4 is 11.2 Å². The van der Waals surface area contributed by atoms with E-state index in [4.69, 9.17) is 37.9 Å². The predicted molar refractivity (Wildman–Crippen MR) is 275 cm³/mol. The van der Waals surface area contributed by atoms with E-state index >= 15 is 0 Å². The lowest BCUT2D eigenvalue weighted by Gasteiger charge is -2.49. The van der Waals surface area contributed by atoms with Gasteiger partial charge in [0.2, 0.25) is 0 Å². The van der Waals surface area contributed by atoms with E-state index in [2.05, 4.69) is 15.0 Å². The highest BCUT2D eigenvalue weighted by Gasteiger charge is 2.53.